The van der Waals surface area contributed by atoms with Crippen LogP contribution < -0.4 is 11.1 Å². The zero-order valence-electron chi connectivity index (χ0n) is 10.9. The maximum atomic E-state index is 10.8. The molecule has 2 rings (SSSR count). The van der Waals surface area contributed by atoms with E-state index in [-0.39, 0.29) is 5.91 Å². The van der Waals surface area contributed by atoms with Crippen LogP contribution in [0.1, 0.15) is 18.4 Å². The zero-order chi connectivity index (χ0) is 13.7. The van der Waals surface area contributed by atoms with E-state index < -0.39 is 0 Å². The quantitative estimate of drug-likeness (QED) is 0.857. The van der Waals surface area contributed by atoms with Crippen LogP contribution in [0, 0.1) is 0 Å². The molecule has 1 aliphatic heterocycles. The molecule has 0 radical (unpaired) electrons. The number of hydrogen-bond donors (Lipinski definition) is 2. The topological polar surface area (TPSA) is 58.4 Å². The van der Waals surface area contributed by atoms with Gasteiger partial charge >= 0.3 is 0 Å². The normalized spacial score (nSPS) is 17.5. The average molecular weight is 282 g/mol. The summed E-state index contributed by atoms with van der Waals surface area (Å²) in [6, 6.07) is 8.41. The van der Waals surface area contributed by atoms with Gasteiger partial charge < -0.3 is 11.1 Å². The van der Waals surface area contributed by atoms with E-state index in [2.05, 4.69) is 16.3 Å². The van der Waals surface area contributed by atoms with Crippen LogP contribution in [0.4, 0.5) is 0 Å². The first-order chi connectivity index (χ1) is 9.13. The zero-order valence-corrected chi connectivity index (χ0v) is 11.7. The summed E-state index contributed by atoms with van der Waals surface area (Å²) in [5.74, 6) is -0.245. The number of nitrogens with two attached hydrogens (primary N) is 1. The van der Waals surface area contributed by atoms with Crippen LogP contribution in [0.25, 0.3) is 0 Å². The second-order valence-electron chi connectivity index (χ2n) is 5.03. The molecule has 1 aromatic carbocycles. The van der Waals surface area contributed by atoms with E-state index in [1.807, 2.05) is 18.2 Å². The molecule has 19 heavy (non-hydrogen) atoms. The molecule has 0 aromatic heterocycles. The van der Waals surface area contributed by atoms with Crippen molar-refractivity contribution in [3.8, 4) is 0 Å². The third-order valence-electron chi connectivity index (χ3n) is 3.45. The first-order valence-corrected chi connectivity index (χ1v) is 7.00. The lowest BCUT2D eigenvalue weighted by molar-refractivity contribution is -0.119. The van der Waals surface area contributed by atoms with E-state index in [0.29, 0.717) is 12.6 Å². The number of halogens is 1. The Labute approximate surface area is 118 Å². The number of carbonyl (C=O) groups is 1. The summed E-state index contributed by atoms with van der Waals surface area (Å²) in [5.41, 5.74) is 6.40. The highest BCUT2D eigenvalue weighted by Gasteiger charge is 2.19. The summed E-state index contributed by atoms with van der Waals surface area (Å²) < 4.78 is 0. The Morgan fingerprint density at radius 3 is 2.79 bits per heavy atom. The van der Waals surface area contributed by atoms with Crippen LogP contribution in [-0.4, -0.2) is 36.5 Å². The molecule has 104 valence electrons. The van der Waals surface area contributed by atoms with Gasteiger partial charge in [-0.15, -0.1) is 0 Å². The number of benzene rings is 1. The van der Waals surface area contributed by atoms with Crippen molar-refractivity contribution >= 4 is 17.5 Å². The summed E-state index contributed by atoms with van der Waals surface area (Å²) in [6.45, 7) is 3.06. The van der Waals surface area contributed by atoms with Crippen molar-refractivity contribution in [1.82, 2.24) is 10.2 Å². The molecular weight excluding hydrogens is 262 g/mol. The first-order valence-electron chi connectivity index (χ1n) is 6.62. The van der Waals surface area contributed by atoms with E-state index in [4.69, 9.17) is 17.3 Å². The van der Waals surface area contributed by atoms with Gasteiger partial charge in [-0.1, -0.05) is 23.7 Å². The van der Waals surface area contributed by atoms with Gasteiger partial charge in [-0.2, -0.15) is 0 Å². The van der Waals surface area contributed by atoms with Gasteiger partial charge in [-0.05, 0) is 30.5 Å². The first kappa shape index (κ1) is 14.3. The minimum absolute atomic E-state index is 0.245. The molecule has 1 heterocycles. The van der Waals surface area contributed by atoms with Crippen molar-refractivity contribution in [2.45, 2.75) is 25.4 Å². The minimum atomic E-state index is -0.245. The molecule has 1 fully saturated rings. The van der Waals surface area contributed by atoms with Gasteiger partial charge in [0.15, 0.2) is 0 Å². The molecule has 1 aromatic rings. The van der Waals surface area contributed by atoms with E-state index in [1.54, 1.807) is 0 Å². The third-order valence-corrected chi connectivity index (χ3v) is 3.69. The number of carbonyl (C=O) groups excluding carboxylic acids is 1. The Kier molecular flexibility index (Phi) is 5.19. The lowest BCUT2D eigenvalue weighted by atomic mass is 10.0. The highest BCUT2D eigenvalue weighted by molar-refractivity contribution is 6.30. The van der Waals surface area contributed by atoms with Crippen molar-refractivity contribution < 1.29 is 4.79 Å². The van der Waals surface area contributed by atoms with Crippen LogP contribution >= 0.6 is 11.6 Å². The largest absolute Gasteiger partial charge is 0.369 e. The molecular formula is C14H20ClN3O. The van der Waals surface area contributed by atoms with Crippen LogP contribution in [0.3, 0.4) is 0 Å². The van der Waals surface area contributed by atoms with E-state index in [1.165, 1.54) is 5.56 Å². The van der Waals surface area contributed by atoms with Crippen LogP contribution in [-0.2, 0) is 11.3 Å². The smallest absolute Gasteiger partial charge is 0.231 e. The van der Waals surface area contributed by atoms with E-state index in [9.17, 15) is 4.79 Å². The lowest BCUT2D eigenvalue weighted by Gasteiger charge is -2.31. The molecule has 1 aliphatic rings. The highest BCUT2D eigenvalue weighted by Crippen LogP contribution is 2.13. The van der Waals surface area contributed by atoms with Gasteiger partial charge in [0, 0.05) is 30.7 Å². The number of primary amides is 1. The van der Waals surface area contributed by atoms with Crippen molar-refractivity contribution in [2.75, 3.05) is 19.6 Å². The molecule has 0 unspecified atom stereocenters. The second kappa shape index (κ2) is 6.89. The molecule has 3 N–H and O–H groups in total. The predicted molar refractivity (Wildman–Crippen MR) is 76.9 cm³/mol. The fraction of sp³-hybridized carbons (Fsp3) is 0.500. The monoisotopic (exact) mass is 281 g/mol. The van der Waals surface area contributed by atoms with Gasteiger partial charge in [-0.3, -0.25) is 9.69 Å². The summed E-state index contributed by atoms with van der Waals surface area (Å²) in [7, 11) is 0. The van der Waals surface area contributed by atoms with Gasteiger partial charge in [0.2, 0.25) is 5.91 Å². The summed E-state index contributed by atoms with van der Waals surface area (Å²) in [6.07, 6.45) is 2.10. The van der Waals surface area contributed by atoms with Crippen LogP contribution in [0.15, 0.2) is 24.3 Å². The highest BCUT2D eigenvalue weighted by atomic mass is 35.5. The Morgan fingerprint density at radius 1 is 1.42 bits per heavy atom. The lowest BCUT2D eigenvalue weighted by Crippen LogP contribution is -2.45. The number of rotatable bonds is 5. The summed E-state index contributed by atoms with van der Waals surface area (Å²) in [5, 5.41) is 4.31. The van der Waals surface area contributed by atoms with Crippen LogP contribution in [0.5, 0.6) is 0 Å². The standard InChI is InChI=1S/C14H20ClN3O/c15-12-3-1-2-11(8-12)9-17-13-4-6-18(7-5-13)10-14(16)19/h1-3,8,13,17H,4-7,9-10H2,(H2,16,19). The Balaban J connectivity index is 1.72. The van der Waals surface area contributed by atoms with Crippen molar-refractivity contribution in [3.63, 3.8) is 0 Å². The average Bonchev–Trinajstić information content (AvgIpc) is 2.37. The third kappa shape index (κ3) is 4.82. The fourth-order valence-corrected chi connectivity index (χ4v) is 2.64. The molecule has 0 atom stereocenters. The number of amides is 1. The number of piperidine rings is 1. The van der Waals surface area contributed by atoms with Crippen molar-refractivity contribution in [2.24, 2.45) is 5.73 Å². The molecule has 1 saturated heterocycles. The van der Waals surface area contributed by atoms with E-state index >= 15 is 0 Å². The Bertz CT molecular complexity index is 430. The van der Waals surface area contributed by atoms with Gasteiger partial charge in [-0.25, -0.2) is 0 Å². The van der Waals surface area contributed by atoms with Crippen molar-refractivity contribution in [1.29, 1.82) is 0 Å². The van der Waals surface area contributed by atoms with E-state index in [0.717, 1.165) is 37.5 Å². The molecule has 4 nitrogen and oxygen atoms in total. The predicted octanol–water partition coefficient (Wildman–Crippen LogP) is 1.38. The Hall–Kier alpha value is -1.10. The number of hydrogen-bond acceptors (Lipinski definition) is 3. The van der Waals surface area contributed by atoms with Crippen molar-refractivity contribution in [3.05, 3.63) is 34.9 Å². The number of nitrogens with one attached hydrogen (secondary N) is 1. The number of likely N-dealkylation sites (tertiary alicyclic amines) is 1. The molecule has 0 aliphatic carbocycles. The maximum absolute atomic E-state index is 10.8. The number of nitrogens with zero attached hydrogens (tertiary/aromatic N) is 1. The van der Waals surface area contributed by atoms with Gasteiger partial charge in [0.05, 0.1) is 6.54 Å². The SMILES string of the molecule is NC(=O)CN1CCC(NCc2cccc(Cl)c2)CC1. The maximum Gasteiger partial charge on any atom is 0.231 e. The molecule has 0 bridgehead atoms. The summed E-state index contributed by atoms with van der Waals surface area (Å²) >= 11 is 5.96. The Morgan fingerprint density at radius 2 is 2.16 bits per heavy atom. The molecule has 0 saturated carbocycles. The second-order valence-corrected chi connectivity index (χ2v) is 5.46. The van der Waals surface area contributed by atoms with Gasteiger partial charge in [0.25, 0.3) is 0 Å². The molecule has 0 spiro atoms. The molecule has 5 heteroatoms. The fourth-order valence-electron chi connectivity index (χ4n) is 2.42. The summed E-state index contributed by atoms with van der Waals surface area (Å²) in [4.78, 5) is 13.0. The minimum Gasteiger partial charge on any atom is -0.369 e. The van der Waals surface area contributed by atoms with Gasteiger partial charge in [0.1, 0.15) is 0 Å². The van der Waals surface area contributed by atoms with Crippen LogP contribution in [0.2, 0.25) is 5.02 Å². The molecule has 1 amide bonds.